The molecule has 7 nitrogen and oxygen atoms in total. The van der Waals surface area contributed by atoms with Crippen molar-refractivity contribution >= 4 is 30.3 Å². The Morgan fingerprint density at radius 3 is 2.84 bits per heavy atom. The van der Waals surface area contributed by atoms with Crippen LogP contribution in [0.4, 0.5) is 0 Å². The van der Waals surface area contributed by atoms with Gasteiger partial charge < -0.3 is 14.0 Å². The molecule has 2 aromatic rings. The summed E-state index contributed by atoms with van der Waals surface area (Å²) in [6, 6.07) is 1.55. The number of fused-ring (bicyclic) bond motifs is 1. The van der Waals surface area contributed by atoms with Gasteiger partial charge >= 0.3 is 5.97 Å². The monoisotopic (exact) mass is 341 g/mol. The molecule has 0 aromatic carbocycles. The first-order valence-corrected chi connectivity index (χ1v) is 8.36. The third-order valence-electron chi connectivity index (χ3n) is 4.19. The van der Waals surface area contributed by atoms with Gasteiger partial charge in [0.1, 0.15) is 19.1 Å². The van der Waals surface area contributed by atoms with Gasteiger partial charge in [-0.05, 0) is 6.92 Å². The van der Waals surface area contributed by atoms with Crippen molar-refractivity contribution in [3.8, 4) is 0 Å². The minimum absolute atomic E-state index is 0.00345. The van der Waals surface area contributed by atoms with Crippen LogP contribution >= 0.6 is 0 Å². The quantitative estimate of drug-likeness (QED) is 0.549. The lowest BCUT2D eigenvalue weighted by molar-refractivity contribution is 0.0365. The second kappa shape index (κ2) is 7.80. The summed E-state index contributed by atoms with van der Waals surface area (Å²) in [5.74, 6) is -0.628. The highest BCUT2D eigenvalue weighted by Crippen LogP contribution is 2.10. The van der Waals surface area contributed by atoms with Crippen LogP contribution in [0.5, 0.6) is 0 Å². The van der Waals surface area contributed by atoms with Gasteiger partial charge in [0.2, 0.25) is 5.43 Å². The van der Waals surface area contributed by atoms with E-state index in [0.717, 1.165) is 19.6 Å². The Morgan fingerprint density at radius 2 is 2.12 bits per heavy atom. The van der Waals surface area contributed by atoms with E-state index in [2.05, 4.69) is 9.88 Å². The predicted molar refractivity (Wildman–Crippen MR) is 94.6 cm³/mol. The van der Waals surface area contributed by atoms with Gasteiger partial charge in [0.25, 0.3) is 0 Å². The van der Waals surface area contributed by atoms with Crippen LogP contribution in [-0.4, -0.2) is 67.7 Å². The highest BCUT2D eigenvalue weighted by Gasteiger charge is 2.18. The molecule has 2 aromatic heterocycles. The van der Waals surface area contributed by atoms with E-state index in [-0.39, 0.29) is 12.2 Å². The molecular weight excluding hydrogens is 321 g/mol. The van der Waals surface area contributed by atoms with Gasteiger partial charge in [0.05, 0.1) is 25.2 Å². The minimum atomic E-state index is -0.628. The molecule has 0 unspecified atom stereocenters. The summed E-state index contributed by atoms with van der Waals surface area (Å²) in [6.07, 6.45) is 3.04. The first-order valence-electron chi connectivity index (χ1n) is 8.36. The summed E-state index contributed by atoms with van der Waals surface area (Å²) in [5.41, 5.74) is 0.491. The lowest BCUT2D eigenvalue weighted by Crippen LogP contribution is -2.38. The largest absolute Gasteiger partial charge is 0.462 e. The molecule has 0 amide bonds. The smallest absolute Gasteiger partial charge is 0.343 e. The van der Waals surface area contributed by atoms with Crippen molar-refractivity contribution in [1.29, 1.82) is 0 Å². The Hall–Kier alpha value is -2.19. The first kappa shape index (κ1) is 17.6. The van der Waals surface area contributed by atoms with Crippen molar-refractivity contribution in [3.63, 3.8) is 0 Å². The Kier molecular flexibility index (Phi) is 5.50. The summed E-state index contributed by atoms with van der Waals surface area (Å²) in [6.45, 7) is 6.44. The second-order valence-electron chi connectivity index (χ2n) is 5.88. The number of esters is 1. The fraction of sp³-hybridized carbons (Fsp3) is 0.471. The van der Waals surface area contributed by atoms with E-state index in [1.165, 1.54) is 12.4 Å². The summed E-state index contributed by atoms with van der Waals surface area (Å²) < 4.78 is 12.2. The lowest BCUT2D eigenvalue weighted by atomic mass is 9.97. The summed E-state index contributed by atoms with van der Waals surface area (Å²) in [7, 11) is 5.77. The maximum absolute atomic E-state index is 12.6. The van der Waals surface area contributed by atoms with E-state index in [1.807, 2.05) is 4.57 Å². The second-order valence-corrected chi connectivity index (χ2v) is 5.88. The van der Waals surface area contributed by atoms with Crippen molar-refractivity contribution in [1.82, 2.24) is 14.5 Å². The maximum Gasteiger partial charge on any atom is 0.343 e. The van der Waals surface area contributed by atoms with E-state index < -0.39 is 11.4 Å². The van der Waals surface area contributed by atoms with Crippen molar-refractivity contribution < 1.29 is 14.3 Å². The zero-order valence-electron chi connectivity index (χ0n) is 14.2. The minimum Gasteiger partial charge on any atom is -0.462 e. The molecule has 25 heavy (non-hydrogen) atoms. The fourth-order valence-corrected chi connectivity index (χ4v) is 2.89. The zero-order chi connectivity index (χ0) is 17.8. The Morgan fingerprint density at radius 1 is 1.36 bits per heavy atom. The molecule has 0 saturated carbocycles. The van der Waals surface area contributed by atoms with Crippen LogP contribution in [0.1, 0.15) is 17.3 Å². The topological polar surface area (TPSA) is 73.7 Å². The number of pyridine rings is 2. The van der Waals surface area contributed by atoms with Crippen LogP contribution < -0.4 is 10.9 Å². The predicted octanol–water partition coefficient (Wildman–Crippen LogP) is -0.301. The van der Waals surface area contributed by atoms with Gasteiger partial charge in [0, 0.05) is 38.6 Å². The SMILES string of the molecule is [B]c1cnc2c(c1)c(=O)c(C(=O)OCC)cn2CCN1CCOCC1. The first-order chi connectivity index (χ1) is 12.1. The zero-order valence-corrected chi connectivity index (χ0v) is 14.2. The molecule has 0 bridgehead atoms. The van der Waals surface area contributed by atoms with Crippen LogP contribution in [0.2, 0.25) is 0 Å². The maximum atomic E-state index is 12.6. The summed E-state index contributed by atoms with van der Waals surface area (Å²) >= 11 is 0. The molecule has 130 valence electrons. The number of carbonyl (C=O) groups excluding carboxylic acids is 1. The molecule has 3 rings (SSSR count). The fourth-order valence-electron chi connectivity index (χ4n) is 2.89. The molecular formula is C17H20BN3O4. The number of rotatable bonds is 5. The third-order valence-corrected chi connectivity index (χ3v) is 4.19. The van der Waals surface area contributed by atoms with Gasteiger partial charge in [-0.2, -0.15) is 0 Å². The van der Waals surface area contributed by atoms with Crippen molar-refractivity contribution in [2.45, 2.75) is 13.5 Å². The van der Waals surface area contributed by atoms with Gasteiger partial charge in [-0.3, -0.25) is 9.69 Å². The number of hydrogen-bond acceptors (Lipinski definition) is 6. The van der Waals surface area contributed by atoms with Crippen molar-refractivity contribution in [3.05, 3.63) is 34.2 Å². The molecule has 2 radical (unpaired) electrons. The molecule has 0 N–H and O–H groups in total. The standard InChI is InChI=1S/C17H20BN3O4/c1-2-25-17(23)14-11-21(4-3-20-5-7-24-8-6-20)16-13(15(14)22)9-12(18)10-19-16/h9-11H,2-8H2,1H3. The summed E-state index contributed by atoms with van der Waals surface area (Å²) in [5, 5.41) is 0.326. The number of hydrogen-bond donors (Lipinski definition) is 0. The van der Waals surface area contributed by atoms with Gasteiger partial charge in [0.15, 0.2) is 0 Å². The molecule has 8 heteroatoms. The molecule has 0 aliphatic carbocycles. The molecule has 1 aliphatic rings. The highest BCUT2D eigenvalue weighted by molar-refractivity contribution is 6.32. The number of aromatic nitrogens is 2. The van der Waals surface area contributed by atoms with Crippen LogP contribution in [0.3, 0.4) is 0 Å². The van der Waals surface area contributed by atoms with E-state index in [1.54, 1.807) is 13.0 Å². The van der Waals surface area contributed by atoms with Gasteiger partial charge in [-0.1, -0.05) is 11.5 Å². The Balaban J connectivity index is 1.98. The number of nitrogens with zero attached hydrogens (tertiary/aromatic N) is 3. The van der Waals surface area contributed by atoms with Gasteiger partial charge in [-0.15, -0.1) is 0 Å². The molecule has 3 heterocycles. The van der Waals surface area contributed by atoms with Crippen LogP contribution in [0.25, 0.3) is 11.0 Å². The lowest BCUT2D eigenvalue weighted by Gasteiger charge is -2.27. The van der Waals surface area contributed by atoms with Gasteiger partial charge in [-0.25, -0.2) is 9.78 Å². The average molecular weight is 341 g/mol. The van der Waals surface area contributed by atoms with Crippen molar-refractivity contribution in [2.24, 2.45) is 0 Å². The Labute approximate surface area is 147 Å². The van der Waals surface area contributed by atoms with E-state index in [0.29, 0.717) is 36.3 Å². The Bertz CT molecular complexity index is 830. The molecule has 0 spiro atoms. The molecule has 0 atom stereocenters. The summed E-state index contributed by atoms with van der Waals surface area (Å²) in [4.78, 5) is 31.3. The molecule has 1 saturated heterocycles. The van der Waals surface area contributed by atoms with Crippen LogP contribution in [0.15, 0.2) is 23.3 Å². The average Bonchev–Trinajstić information content (AvgIpc) is 2.62. The highest BCUT2D eigenvalue weighted by atomic mass is 16.5. The normalized spacial score (nSPS) is 15.4. The number of carbonyl (C=O) groups is 1. The van der Waals surface area contributed by atoms with E-state index in [4.69, 9.17) is 17.3 Å². The van der Waals surface area contributed by atoms with Crippen LogP contribution in [0, 0.1) is 0 Å². The third kappa shape index (κ3) is 3.91. The van der Waals surface area contributed by atoms with E-state index in [9.17, 15) is 9.59 Å². The number of ether oxygens (including phenoxy) is 2. The molecule has 1 aliphatic heterocycles. The molecule has 1 fully saturated rings. The van der Waals surface area contributed by atoms with Crippen molar-refractivity contribution in [2.75, 3.05) is 39.5 Å². The number of morpholine rings is 1. The van der Waals surface area contributed by atoms with E-state index >= 15 is 0 Å². The van der Waals surface area contributed by atoms with Crippen LogP contribution in [-0.2, 0) is 16.0 Å².